The fourth-order valence-electron chi connectivity index (χ4n) is 1.75. The molecule has 0 fully saturated rings. The van der Waals surface area contributed by atoms with E-state index in [-0.39, 0.29) is 0 Å². The molecule has 0 aliphatic heterocycles. The van der Waals surface area contributed by atoms with E-state index in [0.29, 0.717) is 10.6 Å². The number of rotatable bonds is 1. The number of aryl methyl sites for hydroxylation is 2. The number of hydrogen-bond donors (Lipinski definition) is 0. The zero-order valence-corrected chi connectivity index (χ0v) is 9.34. The van der Waals surface area contributed by atoms with Crippen molar-refractivity contribution in [3.63, 3.8) is 0 Å². The fraction of sp³-hybridized carbons (Fsp3) is 0.273. The van der Waals surface area contributed by atoms with Crippen LogP contribution in [0.2, 0.25) is 5.02 Å². The van der Waals surface area contributed by atoms with E-state index in [1.807, 2.05) is 6.92 Å². The zero-order valence-electron chi connectivity index (χ0n) is 8.58. The second-order valence-electron chi connectivity index (χ2n) is 3.34. The van der Waals surface area contributed by atoms with E-state index in [1.54, 1.807) is 12.1 Å². The van der Waals surface area contributed by atoms with Crippen LogP contribution in [-0.4, -0.2) is 9.55 Å². The molecule has 2 rings (SSSR count). The summed E-state index contributed by atoms with van der Waals surface area (Å²) in [6.07, 6.45) is 0. The van der Waals surface area contributed by atoms with Gasteiger partial charge in [-0.3, -0.25) is 0 Å². The first kappa shape index (κ1) is 10.0. The molecule has 0 bridgehead atoms. The Hall–Kier alpha value is -1.53. The van der Waals surface area contributed by atoms with Crippen molar-refractivity contribution in [1.82, 2.24) is 9.55 Å². The summed E-state index contributed by atoms with van der Waals surface area (Å²) in [5, 5.41) is 9.35. The Morgan fingerprint density at radius 2 is 2.27 bits per heavy atom. The van der Waals surface area contributed by atoms with Crippen LogP contribution in [0.4, 0.5) is 0 Å². The SMILES string of the molecule is CCn1c(C)nc2cc(Cl)c(C#N)cc21. The maximum absolute atomic E-state index is 8.88. The lowest BCUT2D eigenvalue weighted by Gasteiger charge is -2.02. The Morgan fingerprint density at radius 3 is 2.87 bits per heavy atom. The number of benzene rings is 1. The highest BCUT2D eigenvalue weighted by Crippen LogP contribution is 2.24. The predicted octanol–water partition coefficient (Wildman–Crippen LogP) is 2.89. The monoisotopic (exact) mass is 219 g/mol. The molecule has 0 amide bonds. The molecule has 0 spiro atoms. The van der Waals surface area contributed by atoms with E-state index >= 15 is 0 Å². The molecule has 1 aromatic heterocycles. The highest BCUT2D eigenvalue weighted by molar-refractivity contribution is 6.32. The van der Waals surface area contributed by atoms with Crippen molar-refractivity contribution in [2.75, 3.05) is 0 Å². The third-order valence-corrected chi connectivity index (χ3v) is 2.78. The lowest BCUT2D eigenvalue weighted by molar-refractivity contribution is 0.753. The van der Waals surface area contributed by atoms with Crippen molar-refractivity contribution in [1.29, 1.82) is 5.26 Å². The van der Waals surface area contributed by atoms with Crippen LogP contribution < -0.4 is 0 Å². The molecule has 76 valence electrons. The van der Waals surface area contributed by atoms with Gasteiger partial charge in [-0.05, 0) is 26.0 Å². The number of imidazole rings is 1. The van der Waals surface area contributed by atoms with E-state index < -0.39 is 0 Å². The van der Waals surface area contributed by atoms with E-state index in [1.165, 1.54) is 0 Å². The smallest absolute Gasteiger partial charge is 0.106 e. The van der Waals surface area contributed by atoms with Gasteiger partial charge in [-0.2, -0.15) is 5.26 Å². The minimum absolute atomic E-state index is 0.464. The van der Waals surface area contributed by atoms with Crippen LogP contribution in [0.1, 0.15) is 18.3 Å². The quantitative estimate of drug-likeness (QED) is 0.740. The summed E-state index contributed by atoms with van der Waals surface area (Å²) in [4.78, 5) is 4.39. The summed E-state index contributed by atoms with van der Waals surface area (Å²) >= 11 is 5.94. The molecule has 0 N–H and O–H groups in total. The van der Waals surface area contributed by atoms with Crippen molar-refractivity contribution in [2.24, 2.45) is 0 Å². The highest BCUT2D eigenvalue weighted by Gasteiger charge is 2.09. The third kappa shape index (κ3) is 1.47. The predicted molar refractivity (Wildman–Crippen MR) is 59.9 cm³/mol. The van der Waals surface area contributed by atoms with Crippen LogP contribution in [0.25, 0.3) is 11.0 Å². The molecule has 0 atom stereocenters. The number of nitriles is 1. The normalized spacial score (nSPS) is 10.5. The first-order chi connectivity index (χ1) is 7.17. The van der Waals surface area contributed by atoms with Gasteiger partial charge in [0.2, 0.25) is 0 Å². The summed E-state index contributed by atoms with van der Waals surface area (Å²) in [5.41, 5.74) is 2.31. The van der Waals surface area contributed by atoms with Crippen LogP contribution in [0.5, 0.6) is 0 Å². The van der Waals surface area contributed by atoms with Gasteiger partial charge in [0, 0.05) is 6.54 Å². The van der Waals surface area contributed by atoms with Gasteiger partial charge in [0.1, 0.15) is 11.9 Å². The standard InChI is InChI=1S/C11H10ClN3/c1-3-15-7(2)14-10-5-9(12)8(6-13)4-11(10)15/h4-5H,3H2,1-2H3. The average Bonchev–Trinajstić information content (AvgIpc) is 2.51. The van der Waals surface area contributed by atoms with Gasteiger partial charge in [0.25, 0.3) is 0 Å². The largest absolute Gasteiger partial charge is 0.328 e. The molecular formula is C11H10ClN3. The molecule has 0 unspecified atom stereocenters. The van der Waals surface area contributed by atoms with Crippen LogP contribution in [0, 0.1) is 18.3 Å². The molecule has 2 aromatic rings. The molecule has 0 aliphatic rings. The second-order valence-corrected chi connectivity index (χ2v) is 3.74. The molecule has 0 saturated carbocycles. The van der Waals surface area contributed by atoms with Crippen LogP contribution in [0.15, 0.2) is 12.1 Å². The summed E-state index contributed by atoms with van der Waals surface area (Å²) in [7, 11) is 0. The van der Waals surface area contributed by atoms with Gasteiger partial charge >= 0.3 is 0 Å². The van der Waals surface area contributed by atoms with Crippen molar-refractivity contribution in [3.8, 4) is 6.07 Å². The summed E-state index contributed by atoms with van der Waals surface area (Å²) < 4.78 is 2.06. The number of nitrogens with zero attached hydrogens (tertiary/aromatic N) is 3. The number of fused-ring (bicyclic) bond motifs is 1. The van der Waals surface area contributed by atoms with Crippen molar-refractivity contribution >= 4 is 22.6 Å². The van der Waals surface area contributed by atoms with Crippen LogP contribution in [0.3, 0.4) is 0 Å². The van der Waals surface area contributed by atoms with Gasteiger partial charge in [0.15, 0.2) is 0 Å². The molecule has 3 nitrogen and oxygen atoms in total. The maximum Gasteiger partial charge on any atom is 0.106 e. The molecular weight excluding hydrogens is 210 g/mol. The van der Waals surface area contributed by atoms with Gasteiger partial charge in [-0.1, -0.05) is 11.6 Å². The Kier molecular flexibility index (Phi) is 2.37. The number of aromatic nitrogens is 2. The first-order valence-corrected chi connectivity index (χ1v) is 5.11. The van der Waals surface area contributed by atoms with E-state index in [2.05, 4.69) is 22.5 Å². The summed E-state index contributed by atoms with van der Waals surface area (Å²) in [5.74, 6) is 0.943. The van der Waals surface area contributed by atoms with Crippen LogP contribution >= 0.6 is 11.6 Å². The molecule has 0 aliphatic carbocycles. The average molecular weight is 220 g/mol. The van der Waals surface area contributed by atoms with Gasteiger partial charge in [-0.25, -0.2) is 4.98 Å². The zero-order chi connectivity index (χ0) is 11.0. The lowest BCUT2D eigenvalue weighted by Crippen LogP contribution is -1.96. The Balaban J connectivity index is 2.84. The summed E-state index contributed by atoms with van der Waals surface area (Å²) in [6, 6.07) is 5.61. The molecule has 4 heteroatoms. The molecule has 1 heterocycles. The lowest BCUT2D eigenvalue weighted by atomic mass is 10.2. The second kappa shape index (κ2) is 3.56. The summed E-state index contributed by atoms with van der Waals surface area (Å²) in [6.45, 7) is 4.84. The topological polar surface area (TPSA) is 41.6 Å². The van der Waals surface area contributed by atoms with E-state index in [4.69, 9.17) is 16.9 Å². The highest BCUT2D eigenvalue weighted by atomic mass is 35.5. The van der Waals surface area contributed by atoms with E-state index in [0.717, 1.165) is 23.4 Å². The van der Waals surface area contributed by atoms with Crippen LogP contribution in [-0.2, 0) is 6.54 Å². The maximum atomic E-state index is 8.88. The number of halogens is 1. The minimum Gasteiger partial charge on any atom is -0.328 e. The molecule has 0 saturated heterocycles. The van der Waals surface area contributed by atoms with Gasteiger partial charge < -0.3 is 4.57 Å². The first-order valence-electron chi connectivity index (χ1n) is 4.74. The Labute approximate surface area is 92.9 Å². The Morgan fingerprint density at radius 1 is 1.53 bits per heavy atom. The van der Waals surface area contributed by atoms with Gasteiger partial charge in [0.05, 0.1) is 21.6 Å². The molecule has 0 radical (unpaired) electrons. The van der Waals surface area contributed by atoms with E-state index in [9.17, 15) is 0 Å². The van der Waals surface area contributed by atoms with Crippen molar-refractivity contribution in [2.45, 2.75) is 20.4 Å². The fourth-order valence-corrected chi connectivity index (χ4v) is 1.95. The van der Waals surface area contributed by atoms with Crippen molar-refractivity contribution in [3.05, 3.63) is 28.5 Å². The van der Waals surface area contributed by atoms with Crippen molar-refractivity contribution < 1.29 is 0 Å². The minimum atomic E-state index is 0.464. The number of hydrogen-bond acceptors (Lipinski definition) is 2. The molecule has 15 heavy (non-hydrogen) atoms. The Bertz CT molecular complexity index is 563. The third-order valence-electron chi connectivity index (χ3n) is 2.46. The molecule has 1 aromatic carbocycles. The van der Waals surface area contributed by atoms with Gasteiger partial charge in [-0.15, -0.1) is 0 Å².